The van der Waals surface area contributed by atoms with Crippen LogP contribution in [-0.4, -0.2) is 6.04 Å². The quantitative estimate of drug-likeness (QED) is 0.562. The molecule has 2 rings (SSSR count). The summed E-state index contributed by atoms with van der Waals surface area (Å²) in [5, 5.41) is 0. The molecular formula is C12H18N2. The minimum Gasteiger partial charge on any atom is -0.271 e. The van der Waals surface area contributed by atoms with Crippen molar-refractivity contribution in [2.45, 2.75) is 38.1 Å². The van der Waals surface area contributed by atoms with Crippen LogP contribution in [0, 0.1) is 0 Å². The Bertz CT molecular complexity index is 309. The third-order valence-corrected chi connectivity index (χ3v) is 3.19. The van der Waals surface area contributed by atoms with Crippen LogP contribution < -0.4 is 11.3 Å². The van der Waals surface area contributed by atoms with Gasteiger partial charge in [0.1, 0.15) is 0 Å². The molecule has 0 heterocycles. The van der Waals surface area contributed by atoms with Crippen molar-refractivity contribution in [3.63, 3.8) is 0 Å². The van der Waals surface area contributed by atoms with Gasteiger partial charge in [0, 0.05) is 12.0 Å². The van der Waals surface area contributed by atoms with Crippen LogP contribution in [0.2, 0.25) is 0 Å². The monoisotopic (exact) mass is 190 g/mol. The Kier molecular flexibility index (Phi) is 2.85. The maximum Gasteiger partial charge on any atom is 0.0282 e. The van der Waals surface area contributed by atoms with Gasteiger partial charge in [0.25, 0.3) is 0 Å². The van der Waals surface area contributed by atoms with Crippen molar-refractivity contribution in [1.29, 1.82) is 0 Å². The van der Waals surface area contributed by atoms with Gasteiger partial charge in [0.05, 0.1) is 0 Å². The second-order valence-electron chi connectivity index (χ2n) is 4.07. The Morgan fingerprint density at radius 1 is 1.50 bits per heavy atom. The van der Waals surface area contributed by atoms with Gasteiger partial charge >= 0.3 is 0 Å². The summed E-state index contributed by atoms with van der Waals surface area (Å²) in [7, 11) is 0. The van der Waals surface area contributed by atoms with E-state index in [0.717, 1.165) is 6.42 Å². The molecule has 2 nitrogen and oxygen atoms in total. The summed E-state index contributed by atoms with van der Waals surface area (Å²) in [6.07, 6.45) is 3.54. The molecule has 0 saturated heterocycles. The molecular weight excluding hydrogens is 172 g/mol. The number of benzene rings is 1. The number of hydrogen-bond acceptors (Lipinski definition) is 2. The highest BCUT2D eigenvalue weighted by molar-refractivity contribution is 5.41. The molecule has 1 aliphatic rings. The first-order valence-corrected chi connectivity index (χ1v) is 5.40. The second-order valence-corrected chi connectivity index (χ2v) is 4.07. The Hall–Kier alpha value is -0.860. The standard InChI is InChI=1S/C12H18N2/c1-2-5-12(14-13)11-8-9-6-3-4-7-10(9)11/h3-4,6-7,11-12,14H,2,5,8,13H2,1H3. The fourth-order valence-corrected chi connectivity index (χ4v) is 2.37. The molecule has 0 spiro atoms. The van der Waals surface area contributed by atoms with Crippen LogP contribution in [-0.2, 0) is 6.42 Å². The first-order valence-electron chi connectivity index (χ1n) is 5.40. The molecule has 0 aliphatic heterocycles. The average Bonchev–Trinajstić information content (AvgIpc) is 2.18. The van der Waals surface area contributed by atoms with Gasteiger partial charge in [-0.3, -0.25) is 11.3 Å². The highest BCUT2D eigenvalue weighted by Crippen LogP contribution is 2.38. The number of hydrazine groups is 1. The Morgan fingerprint density at radius 3 is 2.93 bits per heavy atom. The largest absolute Gasteiger partial charge is 0.271 e. The van der Waals surface area contributed by atoms with Gasteiger partial charge in [-0.15, -0.1) is 0 Å². The normalized spacial score (nSPS) is 21.1. The van der Waals surface area contributed by atoms with E-state index in [0.29, 0.717) is 12.0 Å². The predicted molar refractivity (Wildman–Crippen MR) is 58.9 cm³/mol. The van der Waals surface area contributed by atoms with Crippen LogP contribution in [0.5, 0.6) is 0 Å². The van der Waals surface area contributed by atoms with Crippen LogP contribution in [0.4, 0.5) is 0 Å². The van der Waals surface area contributed by atoms with Crippen molar-refractivity contribution in [2.24, 2.45) is 5.84 Å². The van der Waals surface area contributed by atoms with E-state index in [1.165, 1.54) is 24.0 Å². The lowest BCUT2D eigenvalue weighted by Gasteiger charge is -2.36. The molecule has 2 unspecified atom stereocenters. The molecule has 2 atom stereocenters. The molecule has 1 aromatic carbocycles. The van der Waals surface area contributed by atoms with Crippen LogP contribution in [0.3, 0.4) is 0 Å². The number of rotatable bonds is 4. The third kappa shape index (κ3) is 1.56. The lowest BCUT2D eigenvalue weighted by atomic mass is 9.72. The van der Waals surface area contributed by atoms with E-state index >= 15 is 0 Å². The van der Waals surface area contributed by atoms with Crippen molar-refractivity contribution in [3.8, 4) is 0 Å². The van der Waals surface area contributed by atoms with Gasteiger partial charge < -0.3 is 0 Å². The van der Waals surface area contributed by atoms with Crippen molar-refractivity contribution in [3.05, 3.63) is 35.4 Å². The predicted octanol–water partition coefficient (Wildman–Crippen LogP) is 1.96. The maximum absolute atomic E-state index is 5.58. The van der Waals surface area contributed by atoms with Crippen LogP contribution in [0.25, 0.3) is 0 Å². The van der Waals surface area contributed by atoms with Gasteiger partial charge in [-0.05, 0) is 24.0 Å². The van der Waals surface area contributed by atoms with Crippen molar-refractivity contribution in [2.75, 3.05) is 0 Å². The molecule has 76 valence electrons. The summed E-state index contributed by atoms with van der Waals surface area (Å²) in [6, 6.07) is 9.12. The summed E-state index contributed by atoms with van der Waals surface area (Å²) < 4.78 is 0. The Balaban J connectivity index is 2.09. The van der Waals surface area contributed by atoms with E-state index < -0.39 is 0 Å². The van der Waals surface area contributed by atoms with Crippen LogP contribution in [0.15, 0.2) is 24.3 Å². The molecule has 0 bridgehead atoms. The Labute approximate surface area is 85.5 Å². The van der Waals surface area contributed by atoms with E-state index in [-0.39, 0.29) is 0 Å². The van der Waals surface area contributed by atoms with E-state index in [1.807, 2.05) is 0 Å². The van der Waals surface area contributed by atoms with E-state index in [4.69, 9.17) is 5.84 Å². The molecule has 0 fully saturated rings. The summed E-state index contributed by atoms with van der Waals surface area (Å²) >= 11 is 0. The summed E-state index contributed by atoms with van der Waals surface area (Å²) in [6.45, 7) is 2.20. The summed E-state index contributed by atoms with van der Waals surface area (Å²) in [4.78, 5) is 0. The minimum atomic E-state index is 0.454. The fraction of sp³-hybridized carbons (Fsp3) is 0.500. The molecule has 3 N–H and O–H groups in total. The van der Waals surface area contributed by atoms with Crippen LogP contribution >= 0.6 is 0 Å². The third-order valence-electron chi connectivity index (χ3n) is 3.19. The zero-order valence-corrected chi connectivity index (χ0v) is 8.66. The van der Waals surface area contributed by atoms with Gasteiger partial charge in [0.15, 0.2) is 0 Å². The fourth-order valence-electron chi connectivity index (χ4n) is 2.37. The minimum absolute atomic E-state index is 0.454. The molecule has 0 aromatic heterocycles. The zero-order chi connectivity index (χ0) is 9.97. The van der Waals surface area contributed by atoms with E-state index in [9.17, 15) is 0 Å². The first kappa shape index (κ1) is 9.69. The average molecular weight is 190 g/mol. The number of nitrogens with one attached hydrogen (secondary N) is 1. The van der Waals surface area contributed by atoms with Gasteiger partial charge in [-0.1, -0.05) is 37.6 Å². The van der Waals surface area contributed by atoms with Crippen molar-refractivity contribution in [1.82, 2.24) is 5.43 Å². The number of nitrogens with two attached hydrogens (primary N) is 1. The molecule has 0 saturated carbocycles. The molecule has 1 aliphatic carbocycles. The molecule has 2 heteroatoms. The molecule has 0 radical (unpaired) electrons. The van der Waals surface area contributed by atoms with Crippen LogP contribution in [0.1, 0.15) is 36.8 Å². The van der Waals surface area contributed by atoms with Crippen molar-refractivity contribution < 1.29 is 0 Å². The Morgan fingerprint density at radius 2 is 2.29 bits per heavy atom. The van der Waals surface area contributed by atoms with Gasteiger partial charge in [-0.25, -0.2) is 0 Å². The molecule has 1 aromatic rings. The summed E-state index contributed by atoms with van der Waals surface area (Å²) in [5.74, 6) is 6.21. The highest BCUT2D eigenvalue weighted by Gasteiger charge is 2.31. The SMILES string of the molecule is CCCC(NN)C1Cc2ccccc21. The molecule has 0 amide bonds. The first-order chi connectivity index (χ1) is 6.86. The zero-order valence-electron chi connectivity index (χ0n) is 8.66. The molecule has 14 heavy (non-hydrogen) atoms. The topological polar surface area (TPSA) is 38.0 Å². The lowest BCUT2D eigenvalue weighted by molar-refractivity contribution is 0.382. The van der Waals surface area contributed by atoms with Crippen molar-refractivity contribution >= 4 is 0 Å². The maximum atomic E-state index is 5.58. The smallest absolute Gasteiger partial charge is 0.0282 e. The van der Waals surface area contributed by atoms with Gasteiger partial charge in [0.2, 0.25) is 0 Å². The lowest BCUT2D eigenvalue weighted by Crippen LogP contribution is -2.43. The number of fused-ring (bicyclic) bond motifs is 1. The highest BCUT2D eigenvalue weighted by atomic mass is 15.2. The van der Waals surface area contributed by atoms with Gasteiger partial charge in [-0.2, -0.15) is 0 Å². The van der Waals surface area contributed by atoms with E-state index in [2.05, 4.69) is 36.6 Å². The van der Waals surface area contributed by atoms with E-state index in [1.54, 1.807) is 0 Å². The second kappa shape index (κ2) is 4.11. The summed E-state index contributed by atoms with van der Waals surface area (Å²) in [5.41, 5.74) is 5.93. The number of hydrogen-bond donors (Lipinski definition) is 2.